The van der Waals surface area contributed by atoms with E-state index >= 15 is 0 Å². The van der Waals surface area contributed by atoms with Crippen LogP contribution in [0.3, 0.4) is 0 Å². The van der Waals surface area contributed by atoms with Crippen LogP contribution < -0.4 is 44.1 Å². The number of hydrogen-bond donors (Lipinski definition) is 0. The van der Waals surface area contributed by atoms with Gasteiger partial charge in [-0.1, -0.05) is 317 Å². The summed E-state index contributed by atoms with van der Waals surface area (Å²) in [5.74, 6) is 9.48. The van der Waals surface area contributed by atoms with Crippen molar-refractivity contribution in [1.82, 2.24) is 14.7 Å². The summed E-state index contributed by atoms with van der Waals surface area (Å²) in [6.07, 6.45) is 12.7. The fourth-order valence-corrected chi connectivity index (χ4v) is 23.8. The molecule has 0 saturated heterocycles. The largest absolute Gasteiger partial charge is 0.511 e. The maximum Gasteiger partial charge on any atom is 0.0936 e. The van der Waals surface area contributed by atoms with Gasteiger partial charge in [0.15, 0.2) is 0 Å². The van der Waals surface area contributed by atoms with Gasteiger partial charge in [0.25, 0.3) is 0 Å². The van der Waals surface area contributed by atoms with Crippen molar-refractivity contribution < 1.29 is 201 Å². The van der Waals surface area contributed by atoms with E-state index in [1.54, 1.807) is 0 Å². The zero-order valence-corrected chi connectivity index (χ0v) is 96.6. The number of nitrogens with zero attached hydrogens (tertiary/aromatic N) is 12. The maximum atomic E-state index is 5.97. The monoisotopic (exact) mass is 2240 g/mol. The second-order valence-electron chi connectivity index (χ2n) is 35.9. The van der Waals surface area contributed by atoms with Gasteiger partial charge in [0.2, 0.25) is 0 Å². The molecule has 0 N–H and O–H groups in total. The summed E-state index contributed by atoms with van der Waals surface area (Å²) in [6.45, 7) is 13.5. The Bertz CT molecular complexity index is 7070. The van der Waals surface area contributed by atoms with Crippen molar-refractivity contribution in [3.8, 4) is 33.4 Å². The van der Waals surface area contributed by atoms with Crippen molar-refractivity contribution >= 4 is 117 Å². The summed E-state index contributed by atoms with van der Waals surface area (Å²) < 4.78 is 7.36. The minimum absolute atomic E-state index is 0. The first-order chi connectivity index (χ1) is 63.6. The molecule has 0 aliphatic carbocycles. The number of furan rings is 1. The van der Waals surface area contributed by atoms with E-state index in [0.29, 0.717) is 30.8 Å². The SMILES string of the molecule is C[C-]1c2c(oc3ccccc23)N2C=CN(C)C12.C[C-]1c2c(sc3ccccc23)N2C=CN(C)C12.C[C-]1c2cc(-c3ccccc3)ccc2N2c3ccccc3N(C)C12.C[C-]1c2ccc(-c3ccccc3)cc2N2C=C(c3ccccc3)N(C)C12.C[C-]1c2ccc(-c3ccccc3)cc2N2c3ccccc3N(C)C12.C[C-]1c2ccc3ccccc3c2N2c3ccccc3N(C)C12.[Y].[Y].[Y].[Y].[Y].[Y]. The van der Waals surface area contributed by atoms with Gasteiger partial charge in [-0.05, 0) is 90.9 Å². The Labute approximate surface area is 956 Å². The van der Waals surface area contributed by atoms with Crippen LogP contribution in [0.25, 0.3) is 70.9 Å². The van der Waals surface area contributed by atoms with Crippen LogP contribution in [-0.2, 0) is 196 Å². The van der Waals surface area contributed by atoms with Gasteiger partial charge >= 0.3 is 0 Å². The number of fused-ring (bicyclic) bond motifs is 30. The normalized spacial score (nSPS) is 18.1. The average molecular weight is 2250 g/mol. The summed E-state index contributed by atoms with van der Waals surface area (Å²) in [5, 5.41) is 6.67. The Morgan fingerprint density at radius 3 is 1.24 bits per heavy atom. The molecular formula is C116H102N12OSY6-6. The van der Waals surface area contributed by atoms with Crippen molar-refractivity contribution in [2.45, 2.75) is 78.5 Å². The van der Waals surface area contributed by atoms with Gasteiger partial charge in [-0.2, -0.15) is 57.9 Å². The zero-order valence-electron chi connectivity index (χ0n) is 78.8. The van der Waals surface area contributed by atoms with E-state index in [-0.39, 0.29) is 202 Å². The standard InChI is InChI=1S/C24H21N2.2C22H19N2.C20H17N2.C14H13N2O.C14H13N2S.6Y/c1-17-21-14-13-20(18-9-5-3-6-10-18)15-22(21)26-16-23(25(2)24(17)26)19-11-7-4-8-12-19;1-15-18-14-17(16-8-4-3-5-9-16)12-13-19(18)24-21-11-7-6-10-20(21)23(2)22(15)24;1-15-18-13-12-17(16-8-4-3-5-9-16)14-21(18)24-20-11-7-6-10-19(20)23(2)22(15)24;1-13-15-12-11-14-7-3-4-8-16(14)19(15)22-18-10-6-5-9-17(18)21(2)20(13)22;2*1-9-12-10-5-3-4-6-11(10)17-14(12)16-8-7-15(2)13(9)16;;;;;;/h3-16,24H,1-2H3;2*3-14,22H,1-2H3;3-12,20H,1-2H3;2*3-8,13H,1-2H3;;;;;;/q6*-1;;;;;;. The second-order valence-corrected chi connectivity index (χ2v) is 37.0. The van der Waals surface area contributed by atoms with Gasteiger partial charge in [0, 0.05) is 270 Å². The molecule has 20 heteroatoms. The third kappa shape index (κ3) is 16.5. The Morgan fingerprint density at radius 2 is 0.669 bits per heavy atom. The van der Waals surface area contributed by atoms with Crippen molar-refractivity contribution in [2.75, 3.05) is 86.4 Å². The van der Waals surface area contributed by atoms with Gasteiger partial charge in [-0.3, -0.25) is 0 Å². The molecule has 0 amide bonds. The summed E-state index contributed by atoms with van der Waals surface area (Å²) in [7, 11) is 13.0. The quantitative estimate of drug-likeness (QED) is 0.157. The molecule has 6 unspecified atom stereocenters. The number of benzene rings is 14. The minimum atomic E-state index is 0. The van der Waals surface area contributed by atoms with E-state index in [1.807, 2.05) is 23.5 Å². The molecule has 0 saturated carbocycles. The molecule has 0 fully saturated rings. The topological polar surface area (TPSA) is 52.0 Å². The van der Waals surface area contributed by atoms with Gasteiger partial charge in [-0.25, -0.2) is 0 Å². The first kappa shape index (κ1) is 99.1. The molecule has 136 heavy (non-hydrogen) atoms. The van der Waals surface area contributed by atoms with E-state index in [9.17, 15) is 0 Å². The fraction of sp³-hybridized carbons (Fsp3) is 0.155. The summed E-state index contributed by atoms with van der Waals surface area (Å²) in [4.78, 5) is 28.5. The van der Waals surface area contributed by atoms with Crippen LogP contribution in [-0.4, -0.2) is 94.0 Å². The number of hydrogen-bond acceptors (Lipinski definition) is 14. The molecule has 6 atom stereocenters. The second kappa shape index (κ2) is 40.6. The molecule has 28 rings (SSSR count). The average Bonchev–Trinajstić information content (AvgIpc) is 1.55. The molecule has 14 aromatic carbocycles. The molecule has 2 aromatic heterocycles. The van der Waals surface area contributed by atoms with E-state index in [4.69, 9.17) is 4.42 Å². The van der Waals surface area contributed by atoms with Crippen LogP contribution in [0.4, 0.5) is 67.8 Å². The van der Waals surface area contributed by atoms with Gasteiger partial charge in [0.1, 0.15) is 0 Å². The third-order valence-corrected chi connectivity index (χ3v) is 29.8. The number of anilines is 12. The Kier molecular flexibility index (Phi) is 29.6. The molecule has 6 radical (unpaired) electrons. The fourth-order valence-electron chi connectivity index (χ4n) is 22.6. The predicted molar refractivity (Wildman–Crippen MR) is 543 cm³/mol. The van der Waals surface area contributed by atoms with Gasteiger partial charge in [-0.15, -0.1) is 82.4 Å². The molecule has 0 bridgehead atoms. The number of thiophene rings is 1. The molecule has 662 valence electrons. The van der Waals surface area contributed by atoms with Gasteiger partial charge < -0.3 is 63.2 Å². The molecule has 14 heterocycles. The number of para-hydroxylation sites is 7. The number of likely N-dealkylation sites (N-methyl/N-ethyl adjacent to an activating group) is 6. The number of rotatable bonds is 4. The van der Waals surface area contributed by atoms with E-state index in [2.05, 4.69) is 495 Å². The van der Waals surface area contributed by atoms with Crippen molar-refractivity contribution in [2.24, 2.45) is 0 Å². The summed E-state index contributed by atoms with van der Waals surface area (Å²) in [6, 6.07) is 119. The summed E-state index contributed by atoms with van der Waals surface area (Å²) >= 11 is 1.90. The van der Waals surface area contributed by atoms with Crippen LogP contribution >= 0.6 is 11.3 Å². The minimum Gasteiger partial charge on any atom is -0.511 e. The maximum absolute atomic E-state index is 5.97. The predicted octanol–water partition coefficient (Wildman–Crippen LogP) is 26.9. The Hall–Kier alpha value is -8.50. The van der Waals surface area contributed by atoms with Crippen molar-refractivity contribution in [3.63, 3.8) is 0 Å². The molecule has 0 spiro atoms. The van der Waals surface area contributed by atoms with Gasteiger partial charge in [0.05, 0.1) is 88.3 Å². The summed E-state index contributed by atoms with van der Waals surface area (Å²) in [5.41, 5.74) is 32.4. The van der Waals surface area contributed by atoms with Crippen LogP contribution in [0.15, 0.2) is 369 Å². The van der Waals surface area contributed by atoms with Crippen molar-refractivity contribution in [1.29, 1.82) is 0 Å². The van der Waals surface area contributed by atoms with Crippen LogP contribution in [0, 0.1) is 35.5 Å². The molecular weight excluding hydrogens is 2140 g/mol. The molecule has 12 aliphatic rings. The Balaban J connectivity index is 0.000000113. The van der Waals surface area contributed by atoms with Crippen LogP contribution in [0.2, 0.25) is 0 Å². The molecule has 12 aliphatic heterocycles. The van der Waals surface area contributed by atoms with E-state index in [0.717, 1.165) is 11.5 Å². The van der Waals surface area contributed by atoms with E-state index in [1.165, 1.54) is 202 Å². The molecule has 16 aromatic rings. The van der Waals surface area contributed by atoms with Crippen molar-refractivity contribution in [3.05, 3.63) is 439 Å². The first-order valence-electron chi connectivity index (χ1n) is 45.2. The first-order valence-corrected chi connectivity index (χ1v) is 46.0. The molecule has 13 nitrogen and oxygen atoms in total. The van der Waals surface area contributed by atoms with Crippen LogP contribution in [0.1, 0.15) is 80.5 Å². The smallest absolute Gasteiger partial charge is 0.0936 e. The van der Waals surface area contributed by atoms with Crippen LogP contribution in [0.5, 0.6) is 0 Å². The Morgan fingerprint density at radius 1 is 0.265 bits per heavy atom. The van der Waals surface area contributed by atoms with E-state index < -0.39 is 0 Å². The zero-order chi connectivity index (χ0) is 88.2. The third-order valence-electron chi connectivity index (χ3n) is 28.6.